The molecule has 2 saturated carbocycles. The number of carboxylic acids is 1. The zero-order chi connectivity index (χ0) is 13.3. The summed E-state index contributed by atoms with van der Waals surface area (Å²) in [6.45, 7) is 3.63. The van der Waals surface area contributed by atoms with Crippen LogP contribution in [0.5, 0.6) is 0 Å². The van der Waals surface area contributed by atoms with E-state index in [0.717, 1.165) is 12.3 Å². The van der Waals surface area contributed by atoms with Crippen LogP contribution in [0.4, 0.5) is 0 Å². The Bertz CT molecular complexity index is 340. The molecule has 0 radical (unpaired) electrons. The maximum absolute atomic E-state index is 11.9. The van der Waals surface area contributed by atoms with Gasteiger partial charge in [-0.25, -0.2) is 4.79 Å². The third-order valence-corrected chi connectivity index (χ3v) is 4.58. The second-order valence-corrected chi connectivity index (χ2v) is 6.27. The highest BCUT2D eigenvalue weighted by Crippen LogP contribution is 2.49. The number of aliphatic carboxylic acids is 1. The summed E-state index contributed by atoms with van der Waals surface area (Å²) in [6.07, 6.45) is 5.54. The fourth-order valence-corrected chi connectivity index (χ4v) is 3.61. The number of fused-ring (bicyclic) bond motifs is 2. The Labute approximate surface area is 108 Å². The average molecular weight is 253 g/mol. The summed E-state index contributed by atoms with van der Waals surface area (Å²) < 4.78 is 0. The maximum Gasteiger partial charge on any atom is 0.326 e. The molecule has 0 heterocycles. The van der Waals surface area contributed by atoms with Gasteiger partial charge in [-0.2, -0.15) is 0 Å². The first-order valence-electron chi connectivity index (χ1n) is 6.99. The molecule has 1 amide bonds. The largest absolute Gasteiger partial charge is 0.480 e. The lowest BCUT2D eigenvalue weighted by atomic mass is 9.86. The van der Waals surface area contributed by atoms with Crippen LogP contribution >= 0.6 is 0 Å². The maximum atomic E-state index is 11.9. The Morgan fingerprint density at radius 2 is 2.00 bits per heavy atom. The van der Waals surface area contributed by atoms with Crippen molar-refractivity contribution in [2.45, 2.75) is 52.0 Å². The van der Waals surface area contributed by atoms with E-state index in [9.17, 15) is 9.59 Å². The predicted octanol–water partition coefficient (Wildman–Crippen LogP) is 2.04. The number of amides is 1. The van der Waals surface area contributed by atoms with Crippen LogP contribution in [0.25, 0.3) is 0 Å². The quantitative estimate of drug-likeness (QED) is 0.788. The van der Waals surface area contributed by atoms with E-state index in [1.54, 1.807) is 0 Å². The highest BCUT2D eigenvalue weighted by atomic mass is 16.4. The molecule has 2 rings (SSSR count). The van der Waals surface area contributed by atoms with Gasteiger partial charge < -0.3 is 10.4 Å². The molecule has 0 aromatic heterocycles. The molecular formula is C14H23NO3. The molecule has 4 nitrogen and oxygen atoms in total. The Balaban J connectivity index is 1.83. The Morgan fingerprint density at radius 3 is 2.44 bits per heavy atom. The highest BCUT2D eigenvalue weighted by Gasteiger charge is 2.40. The molecule has 18 heavy (non-hydrogen) atoms. The first-order chi connectivity index (χ1) is 8.47. The molecule has 2 N–H and O–H groups in total. The molecule has 0 aromatic carbocycles. The normalized spacial score (nSPS) is 31.6. The first kappa shape index (κ1) is 13.4. The highest BCUT2D eigenvalue weighted by molar-refractivity contribution is 5.83. The fraction of sp³-hybridized carbons (Fsp3) is 0.857. The average Bonchev–Trinajstić information content (AvgIpc) is 2.86. The van der Waals surface area contributed by atoms with Gasteiger partial charge in [-0.15, -0.1) is 0 Å². The summed E-state index contributed by atoms with van der Waals surface area (Å²) in [5.41, 5.74) is 0. The van der Waals surface area contributed by atoms with Crippen LogP contribution in [0.2, 0.25) is 0 Å². The van der Waals surface area contributed by atoms with Crippen LogP contribution in [0.3, 0.4) is 0 Å². The number of carbonyl (C=O) groups is 2. The smallest absolute Gasteiger partial charge is 0.326 e. The van der Waals surface area contributed by atoms with Crippen LogP contribution < -0.4 is 5.32 Å². The summed E-state index contributed by atoms with van der Waals surface area (Å²) in [7, 11) is 0. The van der Waals surface area contributed by atoms with Crippen molar-refractivity contribution in [1.29, 1.82) is 0 Å². The molecule has 4 heteroatoms. The molecule has 2 aliphatic carbocycles. The number of rotatable bonds is 5. The summed E-state index contributed by atoms with van der Waals surface area (Å²) >= 11 is 0. The molecule has 2 aliphatic rings. The number of carbonyl (C=O) groups excluding carboxylic acids is 1. The van der Waals surface area contributed by atoms with Gasteiger partial charge in [-0.05, 0) is 42.9 Å². The third-order valence-electron chi connectivity index (χ3n) is 4.58. The second kappa shape index (κ2) is 5.29. The zero-order valence-electron chi connectivity index (χ0n) is 11.2. The van der Waals surface area contributed by atoms with Gasteiger partial charge in [-0.3, -0.25) is 4.79 Å². The summed E-state index contributed by atoms with van der Waals surface area (Å²) in [5, 5.41) is 11.7. The zero-order valence-corrected chi connectivity index (χ0v) is 11.2. The number of carboxylic acid groups (broad SMARTS) is 1. The molecule has 0 saturated heterocycles. The Kier molecular flexibility index (Phi) is 3.93. The van der Waals surface area contributed by atoms with Crippen molar-refractivity contribution in [3.05, 3.63) is 0 Å². The standard InChI is InChI=1S/C14H23NO3/c1-8(2)13(14(17)18)15-12(16)7-11-6-9-3-4-10(11)5-9/h8-11,13H,3-7H2,1-2H3,(H,15,16)(H,17,18). The summed E-state index contributed by atoms with van der Waals surface area (Å²) in [4.78, 5) is 22.9. The van der Waals surface area contributed by atoms with Gasteiger partial charge in [-0.1, -0.05) is 20.3 Å². The Morgan fingerprint density at radius 1 is 1.28 bits per heavy atom. The van der Waals surface area contributed by atoms with E-state index < -0.39 is 12.0 Å². The minimum Gasteiger partial charge on any atom is -0.480 e. The van der Waals surface area contributed by atoms with E-state index >= 15 is 0 Å². The topological polar surface area (TPSA) is 66.4 Å². The number of hydrogen-bond acceptors (Lipinski definition) is 2. The molecule has 102 valence electrons. The molecule has 4 atom stereocenters. The third kappa shape index (κ3) is 2.85. The van der Waals surface area contributed by atoms with Gasteiger partial charge in [0.05, 0.1) is 0 Å². The summed E-state index contributed by atoms with van der Waals surface area (Å²) in [5.74, 6) is 0.924. The van der Waals surface area contributed by atoms with Crippen LogP contribution in [-0.2, 0) is 9.59 Å². The monoisotopic (exact) mass is 253 g/mol. The van der Waals surface area contributed by atoms with Gasteiger partial charge in [0.2, 0.25) is 5.91 Å². The van der Waals surface area contributed by atoms with E-state index in [0.29, 0.717) is 18.3 Å². The van der Waals surface area contributed by atoms with E-state index in [1.165, 1.54) is 19.3 Å². The molecule has 2 fully saturated rings. The predicted molar refractivity (Wildman–Crippen MR) is 68.0 cm³/mol. The van der Waals surface area contributed by atoms with E-state index in [4.69, 9.17) is 5.11 Å². The van der Waals surface area contributed by atoms with Gasteiger partial charge in [0.25, 0.3) is 0 Å². The minimum absolute atomic E-state index is 0.0773. The SMILES string of the molecule is CC(C)C(NC(=O)CC1CC2CCC1C2)C(=O)O. The van der Waals surface area contributed by atoms with Crippen molar-refractivity contribution in [3.8, 4) is 0 Å². The van der Waals surface area contributed by atoms with Gasteiger partial charge in [0, 0.05) is 6.42 Å². The Hall–Kier alpha value is -1.06. The fourth-order valence-electron chi connectivity index (χ4n) is 3.61. The molecule has 0 spiro atoms. The lowest BCUT2D eigenvalue weighted by molar-refractivity contribution is -0.143. The molecule has 4 unspecified atom stereocenters. The van der Waals surface area contributed by atoms with Gasteiger partial charge in [0.1, 0.15) is 6.04 Å². The van der Waals surface area contributed by atoms with Crippen LogP contribution in [0, 0.1) is 23.7 Å². The lowest BCUT2D eigenvalue weighted by Crippen LogP contribution is -2.45. The van der Waals surface area contributed by atoms with Crippen molar-refractivity contribution in [2.75, 3.05) is 0 Å². The molecular weight excluding hydrogens is 230 g/mol. The summed E-state index contributed by atoms with van der Waals surface area (Å²) in [6, 6.07) is -0.754. The van der Waals surface area contributed by atoms with Crippen LogP contribution in [-0.4, -0.2) is 23.0 Å². The van der Waals surface area contributed by atoms with Crippen molar-refractivity contribution in [2.24, 2.45) is 23.7 Å². The minimum atomic E-state index is -0.939. The van der Waals surface area contributed by atoms with Crippen molar-refractivity contribution in [3.63, 3.8) is 0 Å². The van der Waals surface area contributed by atoms with E-state index in [2.05, 4.69) is 5.32 Å². The molecule has 0 aliphatic heterocycles. The van der Waals surface area contributed by atoms with Crippen molar-refractivity contribution < 1.29 is 14.7 Å². The number of nitrogens with one attached hydrogen (secondary N) is 1. The van der Waals surface area contributed by atoms with Crippen molar-refractivity contribution >= 4 is 11.9 Å². The van der Waals surface area contributed by atoms with E-state index in [1.807, 2.05) is 13.8 Å². The molecule has 2 bridgehead atoms. The van der Waals surface area contributed by atoms with Gasteiger partial charge in [0.15, 0.2) is 0 Å². The van der Waals surface area contributed by atoms with Gasteiger partial charge >= 0.3 is 5.97 Å². The van der Waals surface area contributed by atoms with Crippen LogP contribution in [0.15, 0.2) is 0 Å². The number of hydrogen-bond donors (Lipinski definition) is 2. The van der Waals surface area contributed by atoms with Crippen LogP contribution in [0.1, 0.15) is 46.0 Å². The second-order valence-electron chi connectivity index (χ2n) is 6.27. The lowest BCUT2D eigenvalue weighted by Gasteiger charge is -2.23. The van der Waals surface area contributed by atoms with E-state index in [-0.39, 0.29) is 11.8 Å². The first-order valence-corrected chi connectivity index (χ1v) is 6.99. The van der Waals surface area contributed by atoms with Crippen molar-refractivity contribution in [1.82, 2.24) is 5.32 Å². The molecule has 0 aromatic rings.